The summed E-state index contributed by atoms with van der Waals surface area (Å²) in [6.07, 6.45) is 0.549. The number of nitrogens with zero attached hydrogens (tertiary/aromatic N) is 2. The third kappa shape index (κ3) is 3.18. The number of amides is 2. The molecule has 0 spiro atoms. The van der Waals surface area contributed by atoms with Crippen molar-refractivity contribution in [3.8, 4) is 11.3 Å². The fourth-order valence-electron chi connectivity index (χ4n) is 3.49. The molecule has 0 fully saturated rings. The van der Waals surface area contributed by atoms with Crippen LogP contribution in [0.15, 0.2) is 47.0 Å². The summed E-state index contributed by atoms with van der Waals surface area (Å²) >= 11 is 0. The molecule has 2 amide bonds. The quantitative estimate of drug-likeness (QED) is 0.711. The first-order valence-electron chi connectivity index (χ1n) is 9.10. The summed E-state index contributed by atoms with van der Waals surface area (Å²) in [6.45, 7) is 4.43. The van der Waals surface area contributed by atoms with Crippen LogP contribution in [0.1, 0.15) is 25.2 Å². The Hall–Kier alpha value is -3.15. The van der Waals surface area contributed by atoms with Crippen molar-refractivity contribution in [3.63, 3.8) is 0 Å². The summed E-state index contributed by atoms with van der Waals surface area (Å²) in [4.78, 5) is 26.1. The van der Waals surface area contributed by atoms with Gasteiger partial charge in [-0.2, -0.15) is 0 Å². The predicted octanol–water partition coefficient (Wildman–Crippen LogP) is 2.90. The molecule has 1 aliphatic heterocycles. The zero-order chi connectivity index (χ0) is 19.0. The van der Waals surface area contributed by atoms with Crippen LogP contribution in [0.25, 0.3) is 22.0 Å². The van der Waals surface area contributed by atoms with Crippen molar-refractivity contribution in [2.75, 3.05) is 6.54 Å². The molecule has 1 N–H and O–H groups in total. The molecular formula is C21H21N3O3. The lowest BCUT2D eigenvalue weighted by atomic mass is 9.97. The molecule has 0 aliphatic carbocycles. The van der Waals surface area contributed by atoms with E-state index in [0.717, 1.165) is 33.4 Å². The average Bonchev–Trinajstić information content (AvgIpc) is 3.09. The number of benzene rings is 2. The second-order valence-electron chi connectivity index (χ2n) is 7.06. The van der Waals surface area contributed by atoms with Gasteiger partial charge in [-0.05, 0) is 24.6 Å². The molecule has 0 atom stereocenters. The third-order valence-electron chi connectivity index (χ3n) is 4.77. The van der Waals surface area contributed by atoms with Gasteiger partial charge < -0.3 is 14.7 Å². The molecule has 3 aromatic rings. The Labute approximate surface area is 157 Å². The van der Waals surface area contributed by atoms with Crippen LogP contribution in [0.5, 0.6) is 0 Å². The van der Waals surface area contributed by atoms with E-state index in [1.165, 1.54) is 0 Å². The Balaban J connectivity index is 1.68. The van der Waals surface area contributed by atoms with Gasteiger partial charge in [-0.25, -0.2) is 0 Å². The van der Waals surface area contributed by atoms with E-state index in [9.17, 15) is 9.59 Å². The second kappa shape index (κ2) is 6.87. The van der Waals surface area contributed by atoms with E-state index in [1.807, 2.05) is 44.2 Å². The largest absolute Gasteiger partial charge is 0.360 e. The molecule has 0 saturated carbocycles. The van der Waals surface area contributed by atoms with Crippen molar-refractivity contribution in [1.82, 2.24) is 15.4 Å². The molecular weight excluding hydrogens is 342 g/mol. The predicted molar refractivity (Wildman–Crippen MR) is 102 cm³/mol. The molecule has 2 heterocycles. The fourth-order valence-corrected chi connectivity index (χ4v) is 3.49. The highest BCUT2D eigenvalue weighted by Crippen LogP contribution is 2.34. The molecule has 0 bridgehead atoms. The maximum Gasteiger partial charge on any atom is 0.312 e. The van der Waals surface area contributed by atoms with E-state index in [-0.39, 0.29) is 6.04 Å². The van der Waals surface area contributed by atoms with Gasteiger partial charge >= 0.3 is 11.8 Å². The van der Waals surface area contributed by atoms with Crippen LogP contribution < -0.4 is 5.32 Å². The summed E-state index contributed by atoms with van der Waals surface area (Å²) in [6, 6.07) is 14.1. The van der Waals surface area contributed by atoms with Gasteiger partial charge in [-0.15, -0.1) is 0 Å². The van der Waals surface area contributed by atoms with Crippen LogP contribution >= 0.6 is 0 Å². The lowest BCUT2D eigenvalue weighted by Gasteiger charge is -2.26. The monoisotopic (exact) mass is 363 g/mol. The van der Waals surface area contributed by atoms with E-state index < -0.39 is 11.8 Å². The Morgan fingerprint density at radius 3 is 2.74 bits per heavy atom. The third-order valence-corrected chi connectivity index (χ3v) is 4.77. The van der Waals surface area contributed by atoms with Gasteiger partial charge in [0.2, 0.25) is 0 Å². The van der Waals surface area contributed by atoms with Crippen molar-refractivity contribution < 1.29 is 14.1 Å². The molecule has 1 aliphatic rings. The van der Waals surface area contributed by atoms with Crippen LogP contribution in [-0.4, -0.2) is 34.5 Å². The van der Waals surface area contributed by atoms with Gasteiger partial charge in [-0.3, -0.25) is 9.59 Å². The van der Waals surface area contributed by atoms with Gasteiger partial charge in [0.1, 0.15) is 11.5 Å². The highest BCUT2D eigenvalue weighted by atomic mass is 16.5. The molecule has 138 valence electrons. The van der Waals surface area contributed by atoms with Gasteiger partial charge in [0.25, 0.3) is 0 Å². The van der Waals surface area contributed by atoms with Crippen molar-refractivity contribution in [3.05, 3.63) is 53.8 Å². The molecule has 6 nitrogen and oxygen atoms in total. The van der Waals surface area contributed by atoms with E-state index in [1.54, 1.807) is 4.90 Å². The Morgan fingerprint density at radius 2 is 1.93 bits per heavy atom. The number of carbonyl (C=O) groups excluding carboxylic acids is 2. The summed E-state index contributed by atoms with van der Waals surface area (Å²) in [7, 11) is 0. The smallest absolute Gasteiger partial charge is 0.312 e. The molecule has 0 radical (unpaired) electrons. The minimum Gasteiger partial charge on any atom is -0.360 e. The van der Waals surface area contributed by atoms with Crippen LogP contribution in [0.2, 0.25) is 0 Å². The molecule has 0 saturated heterocycles. The topological polar surface area (TPSA) is 75.4 Å². The molecule has 2 aromatic carbocycles. The zero-order valence-corrected chi connectivity index (χ0v) is 15.4. The van der Waals surface area contributed by atoms with Crippen molar-refractivity contribution in [2.45, 2.75) is 32.9 Å². The summed E-state index contributed by atoms with van der Waals surface area (Å²) in [5, 5.41) is 9.15. The maximum absolute atomic E-state index is 12.5. The van der Waals surface area contributed by atoms with E-state index >= 15 is 0 Å². The molecule has 4 rings (SSSR count). The summed E-state index contributed by atoms with van der Waals surface area (Å²) < 4.78 is 5.56. The Morgan fingerprint density at radius 1 is 1.15 bits per heavy atom. The first kappa shape index (κ1) is 17.3. The molecule has 1 aromatic heterocycles. The number of hydrogen-bond donors (Lipinski definition) is 1. The maximum atomic E-state index is 12.5. The number of nitrogens with one attached hydrogen (secondary N) is 1. The lowest BCUT2D eigenvalue weighted by Crippen LogP contribution is -2.46. The minimum atomic E-state index is -0.573. The first-order valence-corrected chi connectivity index (χ1v) is 9.10. The number of aromatic nitrogens is 1. The van der Waals surface area contributed by atoms with Crippen LogP contribution in [0.4, 0.5) is 0 Å². The van der Waals surface area contributed by atoms with Crippen molar-refractivity contribution in [2.24, 2.45) is 0 Å². The second-order valence-corrected chi connectivity index (χ2v) is 7.06. The first-order chi connectivity index (χ1) is 13.0. The Bertz CT molecular complexity index is 1020. The van der Waals surface area contributed by atoms with Crippen LogP contribution in [-0.2, 0) is 22.6 Å². The molecule has 0 unspecified atom stereocenters. The van der Waals surface area contributed by atoms with Gasteiger partial charge in [0.05, 0.1) is 6.54 Å². The van der Waals surface area contributed by atoms with Crippen molar-refractivity contribution >= 4 is 22.6 Å². The zero-order valence-electron chi connectivity index (χ0n) is 15.4. The van der Waals surface area contributed by atoms with E-state index in [2.05, 4.69) is 22.6 Å². The normalized spacial score (nSPS) is 13.7. The number of carbonyl (C=O) groups is 2. The van der Waals surface area contributed by atoms with Crippen LogP contribution in [0, 0.1) is 0 Å². The molecule has 6 heteroatoms. The van der Waals surface area contributed by atoms with E-state index in [0.29, 0.717) is 19.5 Å². The van der Waals surface area contributed by atoms with Crippen LogP contribution in [0.3, 0.4) is 0 Å². The Kier molecular flexibility index (Phi) is 4.39. The number of fused-ring (bicyclic) bond motifs is 2. The summed E-state index contributed by atoms with van der Waals surface area (Å²) in [5.74, 6) is -0.303. The van der Waals surface area contributed by atoms with Gasteiger partial charge in [0, 0.05) is 30.1 Å². The fraction of sp³-hybridized carbons (Fsp3) is 0.286. The lowest BCUT2D eigenvalue weighted by molar-refractivity contribution is -0.146. The number of hydrogen-bond acceptors (Lipinski definition) is 4. The highest BCUT2D eigenvalue weighted by molar-refractivity contribution is 6.35. The SMILES string of the molecule is CC(C)NC(=O)C(=O)N1CCc2onc(-c3cccc4ccccc34)c2C1. The standard InChI is InChI=1S/C21H21N3O3/c1-13(2)22-20(25)21(26)24-11-10-18-17(12-24)19(23-27-18)16-9-5-7-14-6-3-4-8-15(14)16/h3-9,13H,10-12H2,1-2H3,(H,22,25). The minimum absolute atomic E-state index is 0.0800. The molecule has 27 heavy (non-hydrogen) atoms. The average molecular weight is 363 g/mol. The highest BCUT2D eigenvalue weighted by Gasteiger charge is 2.31. The van der Waals surface area contributed by atoms with Crippen molar-refractivity contribution in [1.29, 1.82) is 0 Å². The van der Waals surface area contributed by atoms with E-state index in [4.69, 9.17) is 4.52 Å². The summed E-state index contributed by atoms with van der Waals surface area (Å²) in [5.41, 5.74) is 2.59. The van der Waals surface area contributed by atoms with Gasteiger partial charge in [0.15, 0.2) is 0 Å². The number of rotatable bonds is 2. The van der Waals surface area contributed by atoms with Gasteiger partial charge in [-0.1, -0.05) is 47.6 Å².